The number of carbonyl (C=O) groups excluding carboxylic acids is 1. The number of fused-ring (bicyclic) bond motifs is 1. The molecule has 0 radical (unpaired) electrons. The molecule has 154 valence electrons. The van der Waals surface area contributed by atoms with Crippen molar-refractivity contribution in [1.82, 2.24) is 0 Å². The predicted molar refractivity (Wildman–Crippen MR) is 116 cm³/mol. The maximum Gasteiger partial charge on any atom is 0.258 e. The highest BCUT2D eigenvalue weighted by atomic mass is 32.2. The molecule has 0 atom stereocenters. The highest BCUT2D eigenvalue weighted by molar-refractivity contribution is 7.92. The average molecular weight is 424 g/mol. The summed E-state index contributed by atoms with van der Waals surface area (Å²) in [6, 6.07) is 20.4. The molecular weight excluding hydrogens is 403 g/mol. The van der Waals surface area contributed by atoms with Crippen LogP contribution in [0.4, 0.5) is 15.8 Å². The molecule has 0 aliphatic carbocycles. The minimum atomic E-state index is -3.69. The molecule has 0 unspecified atom stereocenters. The molecular formula is C23H21FN2O3S. The lowest BCUT2D eigenvalue weighted by Crippen LogP contribution is -2.30. The summed E-state index contributed by atoms with van der Waals surface area (Å²) in [7, 11) is -3.69. The third-order valence-electron chi connectivity index (χ3n) is 5.18. The molecule has 0 fully saturated rings. The van der Waals surface area contributed by atoms with Gasteiger partial charge in [0, 0.05) is 17.8 Å². The van der Waals surface area contributed by atoms with Crippen LogP contribution in [-0.2, 0) is 23.0 Å². The summed E-state index contributed by atoms with van der Waals surface area (Å²) in [5, 5.41) is 0. The fourth-order valence-corrected chi connectivity index (χ4v) is 4.55. The number of amides is 1. The van der Waals surface area contributed by atoms with Gasteiger partial charge in [-0.3, -0.25) is 9.10 Å². The Bertz CT molecular complexity index is 1190. The van der Waals surface area contributed by atoms with Gasteiger partial charge in [0.25, 0.3) is 5.91 Å². The highest BCUT2D eigenvalue weighted by Crippen LogP contribution is 2.29. The smallest absolute Gasteiger partial charge is 0.258 e. The second-order valence-electron chi connectivity index (χ2n) is 7.25. The lowest BCUT2D eigenvalue weighted by Gasteiger charge is -2.23. The second kappa shape index (κ2) is 7.91. The number of halogens is 1. The summed E-state index contributed by atoms with van der Waals surface area (Å²) in [6.45, 7) is 0.607. The standard InChI is InChI=1S/C23H21FN2O3S/c1-30(28,29)26(22-9-5-3-7-20(22)24)16-17-10-12-19(13-11-17)23(27)25-15-14-18-6-2-4-8-21(18)25/h2-13H,14-16H2,1H3. The van der Waals surface area contributed by atoms with Gasteiger partial charge in [-0.2, -0.15) is 0 Å². The molecule has 3 aromatic rings. The van der Waals surface area contributed by atoms with Crippen molar-refractivity contribution in [3.8, 4) is 0 Å². The highest BCUT2D eigenvalue weighted by Gasteiger charge is 2.25. The molecule has 3 aromatic carbocycles. The Kier molecular flexibility index (Phi) is 5.30. The molecule has 1 aliphatic heterocycles. The molecule has 30 heavy (non-hydrogen) atoms. The normalized spacial score (nSPS) is 13.2. The first-order chi connectivity index (χ1) is 14.3. The zero-order valence-electron chi connectivity index (χ0n) is 16.5. The molecule has 1 aliphatic rings. The number of sulfonamides is 1. The SMILES string of the molecule is CS(=O)(=O)N(Cc1ccc(C(=O)N2CCc3ccccc32)cc1)c1ccccc1F. The van der Waals surface area contributed by atoms with Crippen LogP contribution in [0.3, 0.4) is 0 Å². The van der Waals surface area contributed by atoms with Crippen LogP contribution in [-0.4, -0.2) is 27.1 Å². The Morgan fingerprint density at radius 1 is 1.00 bits per heavy atom. The van der Waals surface area contributed by atoms with Gasteiger partial charge in [0.1, 0.15) is 5.82 Å². The van der Waals surface area contributed by atoms with E-state index in [1.807, 2.05) is 24.3 Å². The molecule has 0 bridgehead atoms. The van der Waals surface area contributed by atoms with Crippen molar-refractivity contribution in [2.24, 2.45) is 0 Å². The molecule has 0 saturated carbocycles. The van der Waals surface area contributed by atoms with Gasteiger partial charge in [0.2, 0.25) is 10.0 Å². The third-order valence-corrected chi connectivity index (χ3v) is 6.31. The van der Waals surface area contributed by atoms with Crippen molar-refractivity contribution in [3.63, 3.8) is 0 Å². The van der Waals surface area contributed by atoms with Gasteiger partial charge in [-0.05, 0) is 47.9 Å². The van der Waals surface area contributed by atoms with Crippen LogP contribution in [0.25, 0.3) is 0 Å². The quantitative estimate of drug-likeness (QED) is 0.622. The maximum absolute atomic E-state index is 14.2. The molecule has 0 N–H and O–H groups in total. The number of rotatable bonds is 5. The molecule has 1 heterocycles. The Hall–Kier alpha value is -3.19. The zero-order valence-corrected chi connectivity index (χ0v) is 17.3. The van der Waals surface area contributed by atoms with E-state index in [2.05, 4.69) is 0 Å². The fourth-order valence-electron chi connectivity index (χ4n) is 3.66. The van der Waals surface area contributed by atoms with Gasteiger partial charge in [-0.25, -0.2) is 12.8 Å². The topological polar surface area (TPSA) is 57.7 Å². The Morgan fingerprint density at radius 2 is 1.67 bits per heavy atom. The molecule has 0 saturated heterocycles. The molecule has 5 nitrogen and oxygen atoms in total. The van der Waals surface area contributed by atoms with Crippen molar-refractivity contribution >= 4 is 27.3 Å². The lowest BCUT2D eigenvalue weighted by molar-refractivity contribution is 0.0989. The van der Waals surface area contributed by atoms with Crippen molar-refractivity contribution in [3.05, 3.63) is 95.3 Å². The minimum absolute atomic E-state index is 0.00572. The van der Waals surface area contributed by atoms with Crippen molar-refractivity contribution in [2.45, 2.75) is 13.0 Å². The number of hydrogen-bond acceptors (Lipinski definition) is 3. The van der Waals surface area contributed by atoms with Crippen LogP contribution in [0.5, 0.6) is 0 Å². The summed E-state index contributed by atoms with van der Waals surface area (Å²) in [6.07, 6.45) is 1.87. The van der Waals surface area contributed by atoms with E-state index in [1.165, 1.54) is 18.2 Å². The number of carbonyl (C=O) groups is 1. The van der Waals surface area contributed by atoms with E-state index in [9.17, 15) is 17.6 Å². The Balaban J connectivity index is 1.56. The maximum atomic E-state index is 14.2. The van der Waals surface area contributed by atoms with Gasteiger partial charge >= 0.3 is 0 Å². The Labute approximate surface area is 175 Å². The largest absolute Gasteiger partial charge is 0.308 e. The first kappa shape index (κ1) is 20.1. The molecule has 0 spiro atoms. The fraction of sp³-hybridized carbons (Fsp3) is 0.174. The van der Waals surface area contributed by atoms with Gasteiger partial charge in [-0.1, -0.05) is 42.5 Å². The van der Waals surface area contributed by atoms with Crippen LogP contribution >= 0.6 is 0 Å². The summed E-state index contributed by atoms with van der Waals surface area (Å²) < 4.78 is 39.7. The summed E-state index contributed by atoms with van der Waals surface area (Å²) >= 11 is 0. The number of benzene rings is 3. The minimum Gasteiger partial charge on any atom is -0.308 e. The van der Waals surface area contributed by atoms with Crippen molar-refractivity contribution in [1.29, 1.82) is 0 Å². The van der Waals surface area contributed by atoms with Crippen LogP contribution in [0.2, 0.25) is 0 Å². The zero-order chi connectivity index (χ0) is 21.3. The van der Waals surface area contributed by atoms with E-state index < -0.39 is 15.8 Å². The van der Waals surface area contributed by atoms with E-state index in [-0.39, 0.29) is 18.1 Å². The summed E-state index contributed by atoms with van der Waals surface area (Å²) in [5.41, 5.74) is 3.24. The van der Waals surface area contributed by atoms with Crippen LogP contribution in [0, 0.1) is 5.82 Å². The molecule has 7 heteroatoms. The molecule has 0 aromatic heterocycles. The summed E-state index contributed by atoms with van der Waals surface area (Å²) in [5.74, 6) is -0.706. The van der Waals surface area contributed by atoms with Gasteiger partial charge < -0.3 is 4.90 Å². The van der Waals surface area contributed by atoms with Gasteiger partial charge in [0.05, 0.1) is 18.5 Å². The second-order valence-corrected chi connectivity index (χ2v) is 9.16. The van der Waals surface area contributed by atoms with E-state index in [0.29, 0.717) is 17.7 Å². The monoisotopic (exact) mass is 424 g/mol. The van der Waals surface area contributed by atoms with E-state index in [1.54, 1.807) is 35.2 Å². The first-order valence-electron chi connectivity index (χ1n) is 9.55. The summed E-state index contributed by atoms with van der Waals surface area (Å²) in [4.78, 5) is 14.7. The predicted octanol–water partition coefficient (Wildman–Crippen LogP) is 3.99. The number of anilines is 2. The van der Waals surface area contributed by atoms with Crippen LogP contribution in [0.15, 0.2) is 72.8 Å². The van der Waals surface area contributed by atoms with Crippen molar-refractivity contribution < 1.29 is 17.6 Å². The van der Waals surface area contributed by atoms with Crippen LogP contribution in [0.1, 0.15) is 21.5 Å². The van der Waals surface area contributed by atoms with E-state index in [0.717, 1.165) is 28.2 Å². The first-order valence-corrected chi connectivity index (χ1v) is 11.4. The molecule has 1 amide bonds. The number of nitrogens with zero attached hydrogens (tertiary/aromatic N) is 2. The van der Waals surface area contributed by atoms with Gasteiger partial charge in [-0.15, -0.1) is 0 Å². The molecule has 4 rings (SSSR count). The van der Waals surface area contributed by atoms with E-state index in [4.69, 9.17) is 0 Å². The lowest BCUT2D eigenvalue weighted by atomic mass is 10.1. The van der Waals surface area contributed by atoms with Crippen LogP contribution < -0.4 is 9.21 Å². The van der Waals surface area contributed by atoms with Crippen molar-refractivity contribution in [2.75, 3.05) is 22.0 Å². The number of para-hydroxylation sites is 2. The third kappa shape index (κ3) is 3.93. The Morgan fingerprint density at radius 3 is 2.37 bits per heavy atom. The van der Waals surface area contributed by atoms with Gasteiger partial charge in [0.15, 0.2) is 0 Å². The van der Waals surface area contributed by atoms with E-state index >= 15 is 0 Å². The average Bonchev–Trinajstić information content (AvgIpc) is 3.16. The number of hydrogen-bond donors (Lipinski definition) is 0.